The molecule has 0 aromatic carbocycles. The van der Waals surface area contributed by atoms with Crippen molar-refractivity contribution in [3.05, 3.63) is 0 Å². The number of halogens is 1. The highest BCUT2D eigenvalue weighted by atomic mass is 79.9. The van der Waals surface area contributed by atoms with Crippen molar-refractivity contribution in [3.8, 4) is 0 Å². The number of hydrogen-bond donors (Lipinski definition) is 3. The van der Waals surface area contributed by atoms with E-state index in [1.807, 2.05) is 0 Å². The Morgan fingerprint density at radius 1 is 0.800 bits per heavy atom. The van der Waals surface area contributed by atoms with Gasteiger partial charge in [0, 0.05) is 0 Å². The van der Waals surface area contributed by atoms with Gasteiger partial charge in [-0.15, -0.1) is 14.5 Å². The molecule has 0 amide bonds. The summed E-state index contributed by atoms with van der Waals surface area (Å²) in [5, 5.41) is 25.6. The minimum atomic E-state index is -0.665. The minimum Gasteiger partial charge on any atom is -1.00 e. The number of nitrogens with zero attached hydrogens (tertiary/aromatic N) is 1. The average molecular weight is 292 g/mol. The summed E-state index contributed by atoms with van der Waals surface area (Å²) >= 11 is 0. The lowest BCUT2D eigenvalue weighted by molar-refractivity contribution is -1.36. The third-order valence-electron chi connectivity index (χ3n) is 1.25. The first-order valence-electron chi connectivity index (χ1n) is 4.31. The Bertz CT molecular complexity index is 117. The van der Waals surface area contributed by atoms with Crippen molar-refractivity contribution in [1.82, 2.24) is 0 Å². The highest BCUT2D eigenvalue weighted by molar-refractivity contribution is 4.15. The summed E-state index contributed by atoms with van der Waals surface area (Å²) in [4.78, 5) is 14.3. The predicted molar refractivity (Wildman–Crippen MR) is 45.3 cm³/mol. The lowest BCUT2D eigenvalue weighted by Crippen LogP contribution is -3.00. The van der Waals surface area contributed by atoms with Crippen LogP contribution in [0.1, 0.15) is 0 Å². The van der Waals surface area contributed by atoms with E-state index in [1.54, 1.807) is 0 Å². The number of hydrogen-bond acceptors (Lipinski definition) is 6. The Morgan fingerprint density at radius 3 is 1.27 bits per heavy atom. The number of rotatable bonds is 9. The Labute approximate surface area is 99.0 Å². The molecule has 94 valence electrons. The van der Waals surface area contributed by atoms with Crippen molar-refractivity contribution < 1.29 is 51.8 Å². The molecule has 7 nitrogen and oxygen atoms in total. The van der Waals surface area contributed by atoms with E-state index < -0.39 is 4.97 Å². The van der Waals surface area contributed by atoms with Crippen LogP contribution >= 0.6 is 0 Å². The summed E-state index contributed by atoms with van der Waals surface area (Å²) in [5.74, 6) is 0. The van der Waals surface area contributed by atoms with E-state index in [1.165, 1.54) is 7.05 Å². The standard InChI is InChI=1S/C7H18NO6.BrH/c1-8(12-5-2-9,13-6-3-10)14-7-4-11;/h9-11H,2-7H2,1H3;1H/q+1;/p-1. The molecule has 0 unspecified atom stereocenters. The van der Waals surface area contributed by atoms with Crippen molar-refractivity contribution in [3.63, 3.8) is 0 Å². The van der Waals surface area contributed by atoms with Gasteiger partial charge in [0.05, 0.1) is 24.8 Å². The number of aliphatic hydroxyl groups excluding tert-OH is 3. The molecular weight excluding hydrogens is 274 g/mol. The van der Waals surface area contributed by atoms with Crippen LogP contribution in [0.4, 0.5) is 0 Å². The van der Waals surface area contributed by atoms with Crippen molar-refractivity contribution in [2.24, 2.45) is 0 Å². The lowest BCUT2D eigenvalue weighted by Gasteiger charge is -2.24. The second-order valence-electron chi connectivity index (χ2n) is 2.44. The van der Waals surface area contributed by atoms with Crippen LogP contribution in [0.2, 0.25) is 0 Å². The topological polar surface area (TPSA) is 88.4 Å². The number of hydroxylamine groups is 3. The maximum Gasteiger partial charge on any atom is 0.168 e. The number of quaternary nitrogens is 1. The molecule has 0 saturated carbocycles. The zero-order valence-electron chi connectivity index (χ0n) is 8.63. The predicted octanol–water partition coefficient (Wildman–Crippen LogP) is -4.79. The largest absolute Gasteiger partial charge is 1.00 e. The van der Waals surface area contributed by atoms with Crippen LogP contribution in [0.15, 0.2) is 0 Å². The van der Waals surface area contributed by atoms with Gasteiger partial charge in [0.25, 0.3) is 0 Å². The van der Waals surface area contributed by atoms with Gasteiger partial charge >= 0.3 is 0 Å². The van der Waals surface area contributed by atoms with Crippen molar-refractivity contribution in [1.29, 1.82) is 0 Å². The first kappa shape index (κ1) is 17.6. The monoisotopic (exact) mass is 291 g/mol. The van der Waals surface area contributed by atoms with Crippen LogP contribution in [-0.4, -0.2) is 67.0 Å². The Morgan fingerprint density at radius 2 is 1.07 bits per heavy atom. The second kappa shape index (κ2) is 10.7. The Balaban J connectivity index is 0. The molecule has 0 atom stereocenters. The van der Waals surface area contributed by atoms with Gasteiger partial charge in [-0.05, 0) is 0 Å². The molecule has 0 aliphatic rings. The molecule has 15 heavy (non-hydrogen) atoms. The fourth-order valence-corrected chi connectivity index (χ4v) is 0.732. The van der Waals surface area contributed by atoms with Crippen LogP contribution in [0.5, 0.6) is 0 Å². The molecule has 8 heteroatoms. The van der Waals surface area contributed by atoms with Gasteiger partial charge in [-0.25, -0.2) is 0 Å². The fraction of sp³-hybridized carbons (Fsp3) is 1.00. The van der Waals surface area contributed by atoms with Gasteiger partial charge in [0.1, 0.15) is 19.8 Å². The summed E-state index contributed by atoms with van der Waals surface area (Å²) in [7, 11) is 1.45. The molecule has 0 radical (unpaired) electrons. The summed E-state index contributed by atoms with van der Waals surface area (Å²) in [6, 6.07) is 0. The van der Waals surface area contributed by atoms with Gasteiger partial charge in [-0.1, -0.05) is 0 Å². The van der Waals surface area contributed by atoms with Gasteiger partial charge in [-0.2, -0.15) is 0 Å². The van der Waals surface area contributed by atoms with Crippen LogP contribution in [0.3, 0.4) is 0 Å². The van der Waals surface area contributed by atoms with Crippen LogP contribution < -0.4 is 17.0 Å². The molecule has 3 N–H and O–H groups in total. The molecule has 0 bridgehead atoms. The molecule has 0 saturated heterocycles. The number of aliphatic hydroxyl groups is 3. The summed E-state index contributed by atoms with van der Waals surface area (Å²) in [5.41, 5.74) is 0. The highest BCUT2D eigenvalue weighted by Crippen LogP contribution is 2.06. The summed E-state index contributed by atoms with van der Waals surface area (Å²) < 4.78 is 0. The second-order valence-corrected chi connectivity index (χ2v) is 2.44. The molecule has 0 fully saturated rings. The van der Waals surface area contributed by atoms with Gasteiger partial charge in [-0.3, -0.25) is 0 Å². The van der Waals surface area contributed by atoms with Gasteiger partial charge < -0.3 is 32.3 Å². The lowest BCUT2D eigenvalue weighted by atomic mass is 10.8. The van der Waals surface area contributed by atoms with Crippen molar-refractivity contribution in [2.75, 3.05) is 46.7 Å². The average Bonchev–Trinajstić information content (AvgIpc) is 2.21. The maximum atomic E-state index is 8.54. The van der Waals surface area contributed by atoms with Crippen molar-refractivity contribution >= 4 is 0 Å². The van der Waals surface area contributed by atoms with Crippen molar-refractivity contribution in [2.45, 2.75) is 0 Å². The summed E-state index contributed by atoms with van der Waals surface area (Å²) in [6.45, 7) is -0.398. The maximum absolute atomic E-state index is 8.54. The van der Waals surface area contributed by atoms with E-state index in [4.69, 9.17) is 29.8 Å². The molecular formula is C7H18BrNO6. The molecule has 0 heterocycles. The SMILES string of the molecule is C[N+](OCCO)(OCCO)OCCO.[Br-]. The molecule has 0 rings (SSSR count). The summed E-state index contributed by atoms with van der Waals surface area (Å²) in [6.07, 6.45) is 0. The molecule has 0 aliphatic carbocycles. The first-order chi connectivity index (χ1) is 6.68. The third-order valence-corrected chi connectivity index (χ3v) is 1.25. The Hall–Kier alpha value is 0.200. The zero-order chi connectivity index (χ0) is 10.9. The molecule has 0 aromatic rings. The fourth-order valence-electron chi connectivity index (χ4n) is 0.732. The quantitative estimate of drug-likeness (QED) is 0.292. The van der Waals surface area contributed by atoms with E-state index in [0.717, 1.165) is 0 Å². The van der Waals surface area contributed by atoms with E-state index in [2.05, 4.69) is 0 Å². The minimum absolute atomic E-state index is 0. The van der Waals surface area contributed by atoms with E-state index in [9.17, 15) is 0 Å². The van der Waals surface area contributed by atoms with Gasteiger partial charge in [0.2, 0.25) is 0 Å². The smallest absolute Gasteiger partial charge is 0.168 e. The molecule has 0 aromatic heterocycles. The van der Waals surface area contributed by atoms with Crippen LogP contribution in [0.25, 0.3) is 0 Å². The van der Waals surface area contributed by atoms with E-state index in [-0.39, 0.29) is 56.6 Å². The third kappa shape index (κ3) is 9.15. The van der Waals surface area contributed by atoms with E-state index in [0.29, 0.717) is 0 Å². The van der Waals surface area contributed by atoms with E-state index >= 15 is 0 Å². The highest BCUT2D eigenvalue weighted by Gasteiger charge is 2.27. The first-order valence-corrected chi connectivity index (χ1v) is 4.31. The zero-order valence-corrected chi connectivity index (χ0v) is 10.2. The molecule has 0 aliphatic heterocycles. The normalized spacial score (nSPS) is 11.2. The Kier molecular flexibility index (Phi) is 12.6. The van der Waals surface area contributed by atoms with Gasteiger partial charge in [0.15, 0.2) is 7.05 Å². The van der Waals surface area contributed by atoms with Crippen LogP contribution in [0, 0.1) is 0 Å². The van der Waals surface area contributed by atoms with Crippen LogP contribution in [-0.2, 0) is 14.5 Å². The molecule has 0 spiro atoms.